The van der Waals surface area contributed by atoms with E-state index in [0.717, 1.165) is 19.3 Å². The quantitative estimate of drug-likeness (QED) is 0.799. The number of ether oxygens (including phenoxy) is 1. The van der Waals surface area contributed by atoms with Gasteiger partial charge in [-0.2, -0.15) is 0 Å². The molecule has 1 heterocycles. The number of fused-ring (bicyclic) bond motifs is 1. The molecule has 1 aromatic rings. The number of halogens is 1. The van der Waals surface area contributed by atoms with Crippen LogP contribution in [0.25, 0.3) is 0 Å². The minimum absolute atomic E-state index is 0.148. The molecule has 0 fully saturated rings. The molecule has 17 heavy (non-hydrogen) atoms. The van der Waals surface area contributed by atoms with Crippen molar-refractivity contribution in [3.63, 3.8) is 0 Å². The third-order valence-electron chi connectivity index (χ3n) is 3.89. The number of aliphatic imine (C=N–C) groups is 1. The standard InChI is InChI=1S/C13H15BrN2O/c1-8-13(17-12(15)16-8)6-5-10-9(7-13)3-2-4-11(10)14/h2-4,8H,5-7H2,1H3,(H2,15,16). The number of amidine groups is 1. The van der Waals surface area contributed by atoms with Crippen molar-refractivity contribution in [2.45, 2.75) is 37.8 Å². The Bertz CT molecular complexity index is 500. The molecule has 1 spiro atoms. The van der Waals surface area contributed by atoms with Crippen molar-refractivity contribution in [2.75, 3.05) is 0 Å². The fourth-order valence-corrected chi connectivity index (χ4v) is 3.47. The van der Waals surface area contributed by atoms with Gasteiger partial charge in [0.05, 0.1) is 6.04 Å². The van der Waals surface area contributed by atoms with Gasteiger partial charge in [-0.25, -0.2) is 4.99 Å². The van der Waals surface area contributed by atoms with Gasteiger partial charge in [-0.1, -0.05) is 28.1 Å². The molecule has 0 radical (unpaired) electrons. The number of nitrogens with two attached hydrogens (primary N) is 1. The second-order valence-corrected chi connectivity index (χ2v) is 5.72. The van der Waals surface area contributed by atoms with E-state index in [9.17, 15) is 0 Å². The number of nitrogens with zero attached hydrogens (tertiary/aromatic N) is 1. The maximum absolute atomic E-state index is 5.81. The molecule has 0 amide bonds. The lowest BCUT2D eigenvalue weighted by atomic mass is 9.77. The first-order valence-corrected chi connectivity index (χ1v) is 6.68. The third-order valence-corrected chi connectivity index (χ3v) is 4.64. The summed E-state index contributed by atoms with van der Waals surface area (Å²) in [5.74, 6) is 0. The maximum Gasteiger partial charge on any atom is 0.282 e. The van der Waals surface area contributed by atoms with Gasteiger partial charge in [0.2, 0.25) is 0 Å². The first kappa shape index (κ1) is 11.1. The number of rotatable bonds is 0. The average Bonchev–Trinajstić information content (AvgIpc) is 2.53. The van der Waals surface area contributed by atoms with Crippen LogP contribution in [0.4, 0.5) is 0 Å². The molecular weight excluding hydrogens is 280 g/mol. The van der Waals surface area contributed by atoms with E-state index in [0.29, 0.717) is 6.02 Å². The molecule has 1 aromatic carbocycles. The van der Waals surface area contributed by atoms with Gasteiger partial charge < -0.3 is 10.5 Å². The molecule has 0 bridgehead atoms. The molecule has 2 atom stereocenters. The van der Waals surface area contributed by atoms with E-state index in [1.807, 2.05) is 0 Å². The molecule has 2 unspecified atom stereocenters. The Balaban J connectivity index is 1.96. The van der Waals surface area contributed by atoms with Gasteiger partial charge in [0.15, 0.2) is 0 Å². The highest BCUT2D eigenvalue weighted by Crippen LogP contribution is 2.40. The second kappa shape index (κ2) is 3.73. The van der Waals surface area contributed by atoms with E-state index < -0.39 is 0 Å². The summed E-state index contributed by atoms with van der Waals surface area (Å²) in [4.78, 5) is 4.32. The van der Waals surface area contributed by atoms with Gasteiger partial charge in [0.25, 0.3) is 6.02 Å². The average molecular weight is 295 g/mol. The van der Waals surface area contributed by atoms with Crippen molar-refractivity contribution in [3.05, 3.63) is 33.8 Å². The molecule has 2 aliphatic rings. The van der Waals surface area contributed by atoms with Gasteiger partial charge in [-0.15, -0.1) is 0 Å². The Hall–Kier alpha value is -1.03. The van der Waals surface area contributed by atoms with Crippen LogP contribution in [0.1, 0.15) is 24.5 Å². The molecule has 0 aromatic heterocycles. The van der Waals surface area contributed by atoms with Crippen LogP contribution in [0, 0.1) is 0 Å². The molecule has 0 saturated carbocycles. The van der Waals surface area contributed by atoms with Crippen molar-refractivity contribution in [1.29, 1.82) is 0 Å². The van der Waals surface area contributed by atoms with Gasteiger partial charge in [-0.05, 0) is 37.0 Å². The molecular formula is C13H15BrN2O. The van der Waals surface area contributed by atoms with Crippen LogP contribution in [0.15, 0.2) is 27.7 Å². The highest BCUT2D eigenvalue weighted by atomic mass is 79.9. The van der Waals surface area contributed by atoms with Crippen LogP contribution >= 0.6 is 15.9 Å². The SMILES string of the molecule is CC1N=C(N)OC12CCc1c(Br)cccc1C2. The Labute approximate surface area is 109 Å². The van der Waals surface area contributed by atoms with Crippen LogP contribution in [0.3, 0.4) is 0 Å². The van der Waals surface area contributed by atoms with Crippen molar-refractivity contribution in [1.82, 2.24) is 0 Å². The van der Waals surface area contributed by atoms with Gasteiger partial charge >= 0.3 is 0 Å². The number of hydrogen-bond acceptors (Lipinski definition) is 3. The van der Waals surface area contributed by atoms with Gasteiger partial charge in [0, 0.05) is 10.9 Å². The fraction of sp³-hybridized carbons (Fsp3) is 0.462. The summed E-state index contributed by atoms with van der Waals surface area (Å²) in [7, 11) is 0. The zero-order valence-corrected chi connectivity index (χ0v) is 11.3. The largest absolute Gasteiger partial charge is 0.456 e. The Morgan fingerprint density at radius 3 is 3.06 bits per heavy atom. The van der Waals surface area contributed by atoms with Crippen molar-refractivity contribution in [3.8, 4) is 0 Å². The van der Waals surface area contributed by atoms with Crippen LogP contribution in [0.5, 0.6) is 0 Å². The molecule has 4 heteroatoms. The Morgan fingerprint density at radius 1 is 1.53 bits per heavy atom. The van der Waals surface area contributed by atoms with Crippen LogP contribution in [0.2, 0.25) is 0 Å². The van der Waals surface area contributed by atoms with E-state index in [4.69, 9.17) is 10.5 Å². The van der Waals surface area contributed by atoms with Crippen LogP contribution < -0.4 is 5.73 Å². The second-order valence-electron chi connectivity index (χ2n) is 4.86. The summed E-state index contributed by atoms with van der Waals surface area (Å²) in [6.07, 6.45) is 2.89. The lowest BCUT2D eigenvalue weighted by Crippen LogP contribution is -2.44. The van der Waals surface area contributed by atoms with Crippen molar-refractivity contribution >= 4 is 22.0 Å². The zero-order valence-electron chi connectivity index (χ0n) is 9.74. The van der Waals surface area contributed by atoms with E-state index >= 15 is 0 Å². The summed E-state index contributed by atoms with van der Waals surface area (Å²) < 4.78 is 7.01. The topological polar surface area (TPSA) is 47.6 Å². The Morgan fingerprint density at radius 2 is 2.35 bits per heavy atom. The number of benzene rings is 1. The van der Waals surface area contributed by atoms with E-state index in [2.05, 4.69) is 46.0 Å². The molecule has 1 aliphatic carbocycles. The minimum atomic E-state index is -0.210. The van der Waals surface area contributed by atoms with E-state index in [-0.39, 0.29) is 11.6 Å². The highest BCUT2D eigenvalue weighted by Gasteiger charge is 2.46. The van der Waals surface area contributed by atoms with Gasteiger partial charge in [-0.3, -0.25) is 0 Å². The maximum atomic E-state index is 5.81. The summed E-state index contributed by atoms with van der Waals surface area (Å²) >= 11 is 3.61. The van der Waals surface area contributed by atoms with Crippen molar-refractivity contribution in [2.24, 2.45) is 10.7 Å². The smallest absolute Gasteiger partial charge is 0.282 e. The molecule has 0 saturated heterocycles. The molecule has 90 valence electrons. The summed E-state index contributed by atoms with van der Waals surface area (Å²) in [6.45, 7) is 2.09. The van der Waals surface area contributed by atoms with E-state index in [1.54, 1.807) is 0 Å². The monoisotopic (exact) mass is 294 g/mol. The van der Waals surface area contributed by atoms with Gasteiger partial charge in [0.1, 0.15) is 5.60 Å². The molecule has 1 aliphatic heterocycles. The predicted octanol–water partition coefficient (Wildman–Crippen LogP) is 2.41. The fourth-order valence-electron chi connectivity index (χ4n) is 2.87. The summed E-state index contributed by atoms with van der Waals surface area (Å²) in [5, 5.41) is 0. The summed E-state index contributed by atoms with van der Waals surface area (Å²) in [6, 6.07) is 6.84. The molecule has 3 nitrogen and oxygen atoms in total. The normalized spacial score (nSPS) is 30.9. The lowest BCUT2D eigenvalue weighted by Gasteiger charge is -2.36. The lowest BCUT2D eigenvalue weighted by molar-refractivity contribution is 0.0446. The summed E-state index contributed by atoms with van der Waals surface area (Å²) in [5.41, 5.74) is 8.24. The zero-order chi connectivity index (χ0) is 12.0. The first-order chi connectivity index (χ1) is 8.11. The first-order valence-electron chi connectivity index (χ1n) is 5.89. The van der Waals surface area contributed by atoms with E-state index in [1.165, 1.54) is 15.6 Å². The predicted molar refractivity (Wildman–Crippen MR) is 71.1 cm³/mol. The molecule has 3 rings (SSSR count). The Kier molecular flexibility index (Phi) is 2.43. The van der Waals surface area contributed by atoms with Crippen LogP contribution in [-0.2, 0) is 17.6 Å². The third kappa shape index (κ3) is 1.66. The number of hydrogen-bond donors (Lipinski definition) is 1. The van der Waals surface area contributed by atoms with Crippen molar-refractivity contribution < 1.29 is 4.74 Å². The highest BCUT2D eigenvalue weighted by molar-refractivity contribution is 9.10. The molecule has 2 N–H and O–H groups in total. The van der Waals surface area contributed by atoms with Crippen LogP contribution in [-0.4, -0.2) is 17.7 Å². The minimum Gasteiger partial charge on any atom is -0.456 e.